The summed E-state index contributed by atoms with van der Waals surface area (Å²) in [4.78, 5) is 4.13. The Kier molecular flexibility index (Phi) is 7.39. The van der Waals surface area contributed by atoms with E-state index in [0.717, 1.165) is 6.54 Å². The second-order valence-corrected chi connectivity index (χ2v) is 6.12. The summed E-state index contributed by atoms with van der Waals surface area (Å²) in [6, 6.07) is 0.0281. The maximum atomic E-state index is 11.0. The molecule has 0 aromatic carbocycles. The minimum absolute atomic E-state index is 0.0281. The molecule has 98 valence electrons. The first-order valence-electron chi connectivity index (χ1n) is 5.55. The van der Waals surface area contributed by atoms with Crippen LogP contribution in [0, 0.1) is 12.3 Å². The van der Waals surface area contributed by atoms with E-state index in [0.29, 0.717) is 18.9 Å². The monoisotopic (exact) mass is 259 g/mol. The van der Waals surface area contributed by atoms with Crippen molar-refractivity contribution in [1.82, 2.24) is 10.6 Å². The number of terminal acetylenes is 1. The lowest BCUT2D eigenvalue weighted by molar-refractivity contribution is 0.581. The lowest BCUT2D eigenvalue weighted by Gasteiger charge is -2.17. The zero-order valence-corrected chi connectivity index (χ0v) is 11.5. The molecule has 0 aromatic heterocycles. The normalized spacial score (nSPS) is 13.9. The standard InChI is InChI=1S/C11H21N3O2S/c1-5-8-13-11(12-6-2)14-10(3)7-9-17(4,15)16/h1,10H,6-9H2,2-4H3,(H2,12,13,14). The van der Waals surface area contributed by atoms with Crippen molar-refractivity contribution in [3.8, 4) is 12.3 Å². The second-order valence-electron chi connectivity index (χ2n) is 3.86. The number of guanidine groups is 1. The first kappa shape index (κ1) is 15.8. The van der Waals surface area contributed by atoms with Crippen molar-refractivity contribution in [3.63, 3.8) is 0 Å². The van der Waals surface area contributed by atoms with E-state index in [1.54, 1.807) is 0 Å². The molecule has 0 saturated carbocycles. The summed E-state index contributed by atoms with van der Waals surface area (Å²) in [5.41, 5.74) is 0. The van der Waals surface area contributed by atoms with Crippen LogP contribution in [0.3, 0.4) is 0 Å². The Hall–Kier alpha value is -1.22. The number of sulfone groups is 1. The third-order valence-electron chi connectivity index (χ3n) is 1.98. The molecule has 0 saturated heterocycles. The topological polar surface area (TPSA) is 70.6 Å². The van der Waals surface area contributed by atoms with Crippen molar-refractivity contribution < 1.29 is 8.42 Å². The molecule has 0 aliphatic carbocycles. The zero-order valence-electron chi connectivity index (χ0n) is 10.7. The molecular weight excluding hydrogens is 238 g/mol. The molecule has 1 unspecified atom stereocenters. The summed E-state index contributed by atoms with van der Waals surface area (Å²) in [5.74, 6) is 3.20. The van der Waals surface area contributed by atoms with Crippen LogP contribution < -0.4 is 10.6 Å². The quantitative estimate of drug-likeness (QED) is 0.400. The molecule has 6 heteroatoms. The van der Waals surface area contributed by atoms with E-state index >= 15 is 0 Å². The summed E-state index contributed by atoms with van der Waals surface area (Å²) in [6.07, 6.45) is 6.90. The van der Waals surface area contributed by atoms with Gasteiger partial charge in [-0.3, -0.25) is 0 Å². The highest BCUT2D eigenvalue weighted by atomic mass is 32.2. The average molecular weight is 259 g/mol. The Balaban J connectivity index is 4.22. The van der Waals surface area contributed by atoms with Crippen molar-refractivity contribution >= 4 is 15.8 Å². The van der Waals surface area contributed by atoms with Crippen LogP contribution >= 0.6 is 0 Å². The van der Waals surface area contributed by atoms with Gasteiger partial charge in [-0.1, -0.05) is 5.92 Å². The molecule has 0 amide bonds. The van der Waals surface area contributed by atoms with Crippen molar-refractivity contribution in [2.45, 2.75) is 26.3 Å². The SMILES string of the molecule is C#CCN=C(NCC)NC(C)CCS(C)(=O)=O. The van der Waals surface area contributed by atoms with Gasteiger partial charge >= 0.3 is 0 Å². The zero-order chi connectivity index (χ0) is 13.3. The molecule has 0 radical (unpaired) electrons. The van der Waals surface area contributed by atoms with Crippen molar-refractivity contribution in [3.05, 3.63) is 0 Å². The second kappa shape index (κ2) is 7.96. The van der Waals surface area contributed by atoms with Gasteiger partial charge in [-0.25, -0.2) is 13.4 Å². The van der Waals surface area contributed by atoms with Gasteiger partial charge < -0.3 is 10.6 Å². The van der Waals surface area contributed by atoms with E-state index in [9.17, 15) is 8.42 Å². The van der Waals surface area contributed by atoms with Crippen LogP contribution in [-0.2, 0) is 9.84 Å². The van der Waals surface area contributed by atoms with Gasteiger partial charge in [-0.2, -0.15) is 0 Å². The molecule has 0 aliphatic rings. The van der Waals surface area contributed by atoms with Crippen molar-refractivity contribution in [1.29, 1.82) is 0 Å². The Morgan fingerprint density at radius 2 is 2.18 bits per heavy atom. The molecule has 2 N–H and O–H groups in total. The summed E-state index contributed by atoms with van der Waals surface area (Å²) >= 11 is 0. The largest absolute Gasteiger partial charge is 0.357 e. The Bertz CT molecular complexity index is 382. The summed E-state index contributed by atoms with van der Waals surface area (Å²) < 4.78 is 22.0. The van der Waals surface area contributed by atoms with Gasteiger partial charge in [0.15, 0.2) is 5.96 Å². The molecule has 1 atom stereocenters. The summed E-state index contributed by atoms with van der Waals surface area (Å²) in [6.45, 7) is 4.89. The minimum Gasteiger partial charge on any atom is -0.357 e. The summed E-state index contributed by atoms with van der Waals surface area (Å²) in [7, 11) is -2.92. The number of hydrogen-bond acceptors (Lipinski definition) is 3. The van der Waals surface area contributed by atoms with E-state index in [1.165, 1.54) is 6.26 Å². The van der Waals surface area contributed by atoms with Crippen LogP contribution in [0.4, 0.5) is 0 Å². The van der Waals surface area contributed by atoms with Gasteiger partial charge in [0.1, 0.15) is 16.4 Å². The fourth-order valence-electron chi connectivity index (χ4n) is 1.14. The molecule has 17 heavy (non-hydrogen) atoms. The number of rotatable bonds is 6. The molecular formula is C11H21N3O2S. The van der Waals surface area contributed by atoms with Gasteiger partial charge in [0.05, 0.1) is 5.75 Å². The Labute approximate surface area is 104 Å². The molecule has 0 aromatic rings. The van der Waals surface area contributed by atoms with Gasteiger partial charge in [-0.05, 0) is 20.3 Å². The number of hydrogen-bond donors (Lipinski definition) is 2. The lowest BCUT2D eigenvalue weighted by atomic mass is 10.3. The molecule has 0 aliphatic heterocycles. The van der Waals surface area contributed by atoms with Gasteiger partial charge in [-0.15, -0.1) is 6.42 Å². The van der Waals surface area contributed by atoms with E-state index in [2.05, 4.69) is 21.5 Å². The van der Waals surface area contributed by atoms with Gasteiger partial charge in [0, 0.05) is 18.8 Å². The smallest absolute Gasteiger partial charge is 0.192 e. The predicted molar refractivity (Wildman–Crippen MR) is 71.7 cm³/mol. The molecule has 0 heterocycles. The number of aliphatic imine (C=N–C) groups is 1. The van der Waals surface area contributed by atoms with Crippen LogP contribution in [0.25, 0.3) is 0 Å². The van der Waals surface area contributed by atoms with E-state index < -0.39 is 9.84 Å². The maximum absolute atomic E-state index is 11.0. The predicted octanol–water partition coefficient (Wildman–Crippen LogP) is -0.00210. The highest BCUT2D eigenvalue weighted by Crippen LogP contribution is 1.95. The van der Waals surface area contributed by atoms with Gasteiger partial charge in [0.25, 0.3) is 0 Å². The fraction of sp³-hybridized carbons (Fsp3) is 0.727. The van der Waals surface area contributed by atoms with E-state index in [4.69, 9.17) is 6.42 Å². The first-order chi connectivity index (χ1) is 7.89. The van der Waals surface area contributed by atoms with Crippen LogP contribution in [0.2, 0.25) is 0 Å². The number of nitrogens with zero attached hydrogens (tertiary/aromatic N) is 1. The van der Waals surface area contributed by atoms with E-state index in [-0.39, 0.29) is 11.8 Å². The molecule has 0 fully saturated rings. The fourth-order valence-corrected chi connectivity index (χ4v) is 1.92. The minimum atomic E-state index is -2.92. The van der Waals surface area contributed by atoms with Crippen LogP contribution in [0.15, 0.2) is 4.99 Å². The molecule has 5 nitrogen and oxygen atoms in total. The van der Waals surface area contributed by atoms with Crippen LogP contribution in [0.1, 0.15) is 20.3 Å². The Morgan fingerprint density at radius 3 is 2.65 bits per heavy atom. The maximum Gasteiger partial charge on any atom is 0.192 e. The highest BCUT2D eigenvalue weighted by Gasteiger charge is 2.08. The highest BCUT2D eigenvalue weighted by molar-refractivity contribution is 7.90. The Morgan fingerprint density at radius 1 is 1.53 bits per heavy atom. The number of nitrogens with one attached hydrogen (secondary N) is 2. The van der Waals surface area contributed by atoms with Crippen molar-refractivity contribution in [2.75, 3.05) is 25.1 Å². The third kappa shape index (κ3) is 9.69. The van der Waals surface area contributed by atoms with E-state index in [1.807, 2.05) is 13.8 Å². The van der Waals surface area contributed by atoms with Gasteiger partial charge in [0.2, 0.25) is 0 Å². The van der Waals surface area contributed by atoms with Crippen LogP contribution in [0.5, 0.6) is 0 Å². The first-order valence-corrected chi connectivity index (χ1v) is 7.61. The molecule has 0 spiro atoms. The molecule has 0 bridgehead atoms. The average Bonchev–Trinajstić information content (AvgIpc) is 2.22. The van der Waals surface area contributed by atoms with Crippen molar-refractivity contribution in [2.24, 2.45) is 4.99 Å². The molecule has 0 rings (SSSR count). The lowest BCUT2D eigenvalue weighted by Crippen LogP contribution is -2.42. The third-order valence-corrected chi connectivity index (χ3v) is 2.95. The van der Waals surface area contributed by atoms with Crippen LogP contribution in [-0.4, -0.2) is 45.5 Å². The summed E-state index contributed by atoms with van der Waals surface area (Å²) in [5, 5.41) is 6.14.